The summed E-state index contributed by atoms with van der Waals surface area (Å²) in [6.45, 7) is 0. The fourth-order valence-corrected chi connectivity index (χ4v) is 1.60. The number of pyridine rings is 1. The van der Waals surface area contributed by atoms with Crippen LogP contribution in [0.2, 0.25) is 5.15 Å². The zero-order valence-corrected chi connectivity index (χ0v) is 10.3. The van der Waals surface area contributed by atoms with E-state index in [1.165, 1.54) is 12.1 Å². The van der Waals surface area contributed by atoms with Gasteiger partial charge in [0.05, 0.1) is 11.9 Å². The Morgan fingerprint density at radius 3 is 2.89 bits per heavy atom. The average Bonchev–Trinajstić information content (AvgIpc) is 2.73. The average molecular weight is 267 g/mol. The van der Waals surface area contributed by atoms with Gasteiger partial charge >= 0.3 is 0 Å². The van der Waals surface area contributed by atoms with Crippen molar-refractivity contribution in [2.45, 2.75) is 0 Å². The smallest absolute Gasteiger partial charge is 0.255 e. The monoisotopic (exact) mass is 266 g/mol. The van der Waals surface area contributed by atoms with Gasteiger partial charge in [0.15, 0.2) is 0 Å². The molecule has 2 heterocycles. The first-order valence-electron chi connectivity index (χ1n) is 5.02. The van der Waals surface area contributed by atoms with Crippen LogP contribution >= 0.6 is 11.6 Å². The van der Waals surface area contributed by atoms with Gasteiger partial charge in [-0.1, -0.05) is 11.6 Å². The third kappa shape index (κ3) is 2.76. The predicted octanol–water partition coefficient (Wildman–Crippen LogP) is 1.01. The molecule has 0 spiro atoms. The molecule has 0 fully saturated rings. The Bertz CT molecular complexity index is 581. The lowest BCUT2D eigenvalue weighted by Gasteiger charge is -2.05. The number of nitrogens with zero attached hydrogens (tertiary/aromatic N) is 3. The number of aryl methyl sites for hydroxylation is 1. The lowest BCUT2D eigenvalue weighted by atomic mass is 10.2. The molecule has 0 saturated carbocycles. The Balaban J connectivity index is 2.20. The summed E-state index contributed by atoms with van der Waals surface area (Å²) in [5, 5.41) is 6.81. The van der Waals surface area contributed by atoms with Crippen LogP contribution in [0.25, 0.3) is 0 Å². The van der Waals surface area contributed by atoms with E-state index in [0.29, 0.717) is 17.1 Å². The van der Waals surface area contributed by atoms with Crippen molar-refractivity contribution >= 4 is 29.0 Å². The number of anilines is 2. The number of halogens is 1. The van der Waals surface area contributed by atoms with E-state index in [-0.39, 0.29) is 11.1 Å². The Hall–Kier alpha value is -2.12. The van der Waals surface area contributed by atoms with Crippen molar-refractivity contribution in [3.05, 3.63) is 35.2 Å². The van der Waals surface area contributed by atoms with E-state index in [2.05, 4.69) is 20.8 Å². The quantitative estimate of drug-likeness (QED) is 0.437. The maximum absolute atomic E-state index is 11.9. The molecule has 0 aliphatic heterocycles. The minimum Gasteiger partial charge on any atom is -0.319 e. The highest BCUT2D eigenvalue weighted by molar-refractivity contribution is 6.30. The standard InChI is InChI=1S/C10H11ClN6O/c1-17-5-7(4-13-17)14-10(18)6-2-8(11)15-9(3-6)16-12/h2-5H,12H2,1H3,(H,14,18)(H,15,16). The van der Waals surface area contributed by atoms with Crippen LogP contribution in [0.15, 0.2) is 24.5 Å². The summed E-state index contributed by atoms with van der Waals surface area (Å²) in [6.07, 6.45) is 3.23. The molecule has 0 aliphatic rings. The number of nitrogens with one attached hydrogen (secondary N) is 2. The van der Waals surface area contributed by atoms with Crippen LogP contribution in [-0.4, -0.2) is 20.7 Å². The SMILES string of the molecule is Cn1cc(NC(=O)c2cc(Cl)nc(NN)c2)cn1. The van der Waals surface area contributed by atoms with E-state index >= 15 is 0 Å². The molecule has 4 N–H and O–H groups in total. The number of nitrogen functional groups attached to an aromatic ring is 1. The van der Waals surface area contributed by atoms with E-state index in [1.54, 1.807) is 24.1 Å². The van der Waals surface area contributed by atoms with Crippen molar-refractivity contribution < 1.29 is 4.79 Å². The molecule has 0 radical (unpaired) electrons. The fraction of sp³-hybridized carbons (Fsp3) is 0.100. The summed E-state index contributed by atoms with van der Waals surface area (Å²) < 4.78 is 1.59. The van der Waals surface area contributed by atoms with Crippen molar-refractivity contribution in [2.75, 3.05) is 10.7 Å². The first-order valence-corrected chi connectivity index (χ1v) is 5.40. The van der Waals surface area contributed by atoms with Crippen LogP contribution in [0.3, 0.4) is 0 Å². The summed E-state index contributed by atoms with van der Waals surface area (Å²) >= 11 is 5.78. The number of nitrogens with two attached hydrogens (primary N) is 1. The van der Waals surface area contributed by atoms with Crippen molar-refractivity contribution in [1.82, 2.24) is 14.8 Å². The lowest BCUT2D eigenvalue weighted by molar-refractivity contribution is 0.102. The van der Waals surface area contributed by atoms with E-state index < -0.39 is 0 Å². The number of amides is 1. The number of carbonyl (C=O) groups is 1. The second-order valence-electron chi connectivity index (χ2n) is 3.56. The van der Waals surface area contributed by atoms with Crippen LogP contribution in [0.1, 0.15) is 10.4 Å². The minimum absolute atomic E-state index is 0.182. The predicted molar refractivity (Wildman–Crippen MR) is 68.2 cm³/mol. The molecule has 1 amide bonds. The molecular formula is C10H11ClN6O. The number of aromatic nitrogens is 3. The third-order valence-electron chi connectivity index (χ3n) is 2.17. The molecule has 0 aliphatic carbocycles. The summed E-state index contributed by atoms with van der Waals surface area (Å²) in [7, 11) is 1.76. The zero-order valence-electron chi connectivity index (χ0n) is 9.51. The molecule has 0 aromatic carbocycles. The maximum Gasteiger partial charge on any atom is 0.255 e. The molecule has 0 saturated heterocycles. The normalized spacial score (nSPS) is 10.2. The van der Waals surface area contributed by atoms with Crippen LogP contribution in [0.5, 0.6) is 0 Å². The highest BCUT2D eigenvalue weighted by Gasteiger charge is 2.10. The topological polar surface area (TPSA) is 97.9 Å². The number of hydrogen-bond acceptors (Lipinski definition) is 5. The Labute approximate surface area is 108 Å². The Morgan fingerprint density at radius 1 is 1.50 bits per heavy atom. The Morgan fingerprint density at radius 2 is 2.28 bits per heavy atom. The molecule has 0 atom stereocenters. The summed E-state index contributed by atoms with van der Waals surface area (Å²) in [6, 6.07) is 2.95. The van der Waals surface area contributed by atoms with E-state index in [9.17, 15) is 4.79 Å². The van der Waals surface area contributed by atoms with Crippen LogP contribution in [0.4, 0.5) is 11.5 Å². The second-order valence-corrected chi connectivity index (χ2v) is 3.95. The molecule has 8 heteroatoms. The van der Waals surface area contributed by atoms with Gasteiger partial charge in [-0.25, -0.2) is 10.8 Å². The summed E-state index contributed by atoms with van der Waals surface area (Å²) in [5.41, 5.74) is 3.29. The van der Waals surface area contributed by atoms with Gasteiger partial charge in [0, 0.05) is 18.8 Å². The second kappa shape index (κ2) is 5.03. The molecule has 2 aromatic rings. The van der Waals surface area contributed by atoms with Crippen molar-refractivity contribution in [1.29, 1.82) is 0 Å². The van der Waals surface area contributed by atoms with Crippen LogP contribution in [0, 0.1) is 0 Å². The van der Waals surface area contributed by atoms with Gasteiger partial charge < -0.3 is 10.7 Å². The van der Waals surface area contributed by atoms with Gasteiger partial charge in [-0.2, -0.15) is 5.10 Å². The van der Waals surface area contributed by atoms with Crippen LogP contribution < -0.4 is 16.6 Å². The van der Waals surface area contributed by atoms with Crippen molar-refractivity contribution in [2.24, 2.45) is 12.9 Å². The van der Waals surface area contributed by atoms with Gasteiger partial charge in [0.1, 0.15) is 11.0 Å². The molecular weight excluding hydrogens is 256 g/mol. The van der Waals surface area contributed by atoms with Gasteiger partial charge in [0.25, 0.3) is 5.91 Å². The van der Waals surface area contributed by atoms with Crippen LogP contribution in [-0.2, 0) is 7.05 Å². The molecule has 2 aromatic heterocycles. The summed E-state index contributed by atoms with van der Waals surface area (Å²) in [4.78, 5) is 15.8. The highest BCUT2D eigenvalue weighted by Crippen LogP contribution is 2.15. The maximum atomic E-state index is 11.9. The number of hydrazine groups is 1. The number of rotatable bonds is 3. The zero-order chi connectivity index (χ0) is 13.1. The molecule has 2 rings (SSSR count). The van der Waals surface area contributed by atoms with E-state index in [4.69, 9.17) is 17.4 Å². The first kappa shape index (κ1) is 12.3. The molecule has 94 valence electrons. The molecule has 0 unspecified atom stereocenters. The molecule has 18 heavy (non-hydrogen) atoms. The van der Waals surface area contributed by atoms with E-state index in [1.807, 2.05) is 0 Å². The van der Waals surface area contributed by atoms with E-state index in [0.717, 1.165) is 0 Å². The van der Waals surface area contributed by atoms with Gasteiger partial charge in [0.2, 0.25) is 0 Å². The van der Waals surface area contributed by atoms with Crippen molar-refractivity contribution in [3.8, 4) is 0 Å². The lowest BCUT2D eigenvalue weighted by Crippen LogP contribution is -2.14. The summed E-state index contributed by atoms with van der Waals surface area (Å²) in [5.74, 6) is 5.23. The van der Waals surface area contributed by atoms with Gasteiger partial charge in [-0.3, -0.25) is 9.48 Å². The Kier molecular flexibility index (Phi) is 3.45. The van der Waals surface area contributed by atoms with Crippen molar-refractivity contribution in [3.63, 3.8) is 0 Å². The third-order valence-corrected chi connectivity index (χ3v) is 2.36. The fourth-order valence-electron chi connectivity index (χ4n) is 1.39. The molecule has 0 bridgehead atoms. The van der Waals surface area contributed by atoms with Gasteiger partial charge in [-0.05, 0) is 12.1 Å². The van der Waals surface area contributed by atoms with Gasteiger partial charge in [-0.15, -0.1) is 0 Å². The molecule has 7 nitrogen and oxygen atoms in total. The largest absolute Gasteiger partial charge is 0.319 e. The highest BCUT2D eigenvalue weighted by atomic mass is 35.5. The minimum atomic E-state index is -0.316. The number of carbonyl (C=O) groups excluding carboxylic acids is 1. The first-order chi connectivity index (χ1) is 8.58. The number of hydrogen-bond donors (Lipinski definition) is 3.